The number of amides is 2. The molecule has 2 aromatic carbocycles. The van der Waals surface area contributed by atoms with Crippen LogP contribution in [0.3, 0.4) is 0 Å². The van der Waals surface area contributed by atoms with Gasteiger partial charge in [-0.05, 0) is 53.9 Å². The van der Waals surface area contributed by atoms with Crippen LogP contribution in [0.5, 0.6) is 23.0 Å². The highest BCUT2D eigenvalue weighted by atomic mass is 16.7. The average molecular weight is 493 g/mol. The Morgan fingerprint density at radius 3 is 2.22 bits per heavy atom. The zero-order valence-electron chi connectivity index (χ0n) is 20.3. The lowest BCUT2D eigenvalue weighted by atomic mass is 10.1. The Balaban J connectivity index is 1.36. The fraction of sp³-hybridized carbons (Fsp3) is 0.333. The number of carbonyl (C=O) groups is 2. The molecule has 5 rings (SSSR count). The van der Waals surface area contributed by atoms with Crippen LogP contribution in [0, 0.1) is 5.92 Å². The van der Waals surface area contributed by atoms with Crippen molar-refractivity contribution in [2.45, 2.75) is 26.9 Å². The number of furan rings is 1. The largest absolute Gasteiger partial charge is 0.467 e. The highest BCUT2D eigenvalue weighted by Crippen LogP contribution is 2.34. The van der Waals surface area contributed by atoms with Crippen molar-refractivity contribution in [3.63, 3.8) is 0 Å². The number of ether oxygens (including phenoxy) is 4. The Morgan fingerprint density at radius 1 is 0.833 bits per heavy atom. The molecule has 2 amide bonds. The lowest BCUT2D eigenvalue weighted by Crippen LogP contribution is -2.43. The van der Waals surface area contributed by atoms with E-state index in [1.54, 1.807) is 40.3 Å². The van der Waals surface area contributed by atoms with Gasteiger partial charge in [-0.15, -0.1) is 0 Å². The van der Waals surface area contributed by atoms with Crippen LogP contribution < -0.4 is 18.9 Å². The summed E-state index contributed by atoms with van der Waals surface area (Å²) >= 11 is 0. The monoisotopic (exact) mass is 492 g/mol. The lowest BCUT2D eigenvalue weighted by molar-refractivity contribution is -0.133. The van der Waals surface area contributed by atoms with E-state index in [0.29, 0.717) is 47.4 Å². The Bertz CT molecular complexity index is 1240. The fourth-order valence-electron chi connectivity index (χ4n) is 4.22. The van der Waals surface area contributed by atoms with Gasteiger partial charge in [-0.1, -0.05) is 19.9 Å². The molecule has 9 heteroatoms. The summed E-state index contributed by atoms with van der Waals surface area (Å²) in [6.45, 7) is 5.28. The maximum absolute atomic E-state index is 13.6. The van der Waals surface area contributed by atoms with Gasteiger partial charge in [0.05, 0.1) is 12.8 Å². The molecule has 2 aliphatic rings. The quantitative estimate of drug-likeness (QED) is 0.445. The first-order chi connectivity index (χ1) is 17.5. The number of carbonyl (C=O) groups excluding carboxylic acids is 2. The highest BCUT2D eigenvalue weighted by molar-refractivity contribution is 5.97. The summed E-state index contributed by atoms with van der Waals surface area (Å²) in [5.41, 5.74) is 1.33. The predicted octanol–water partition coefficient (Wildman–Crippen LogP) is 4.06. The van der Waals surface area contributed by atoms with Crippen molar-refractivity contribution in [3.8, 4) is 23.0 Å². The molecule has 188 valence electrons. The normalized spacial score (nSPS) is 13.2. The molecule has 0 saturated carbocycles. The number of fused-ring (bicyclic) bond motifs is 2. The van der Waals surface area contributed by atoms with Crippen LogP contribution in [0.4, 0.5) is 0 Å². The van der Waals surface area contributed by atoms with Gasteiger partial charge < -0.3 is 33.2 Å². The van der Waals surface area contributed by atoms with E-state index in [-0.39, 0.29) is 44.4 Å². The minimum absolute atomic E-state index is 0.0727. The minimum atomic E-state index is -0.239. The van der Waals surface area contributed by atoms with Gasteiger partial charge in [0.15, 0.2) is 23.0 Å². The summed E-state index contributed by atoms with van der Waals surface area (Å²) in [6, 6.07) is 14.3. The van der Waals surface area contributed by atoms with Gasteiger partial charge in [0.1, 0.15) is 12.3 Å². The summed E-state index contributed by atoms with van der Waals surface area (Å²) in [4.78, 5) is 30.3. The number of hydrogen-bond donors (Lipinski definition) is 0. The van der Waals surface area contributed by atoms with E-state index in [4.69, 9.17) is 23.4 Å². The van der Waals surface area contributed by atoms with Crippen LogP contribution in [-0.2, 0) is 17.9 Å². The van der Waals surface area contributed by atoms with Crippen molar-refractivity contribution >= 4 is 11.8 Å². The molecular weight excluding hydrogens is 464 g/mol. The molecule has 0 saturated heterocycles. The van der Waals surface area contributed by atoms with Gasteiger partial charge in [0.2, 0.25) is 19.5 Å². The van der Waals surface area contributed by atoms with Crippen LogP contribution >= 0.6 is 0 Å². The number of nitrogens with zero attached hydrogens (tertiary/aromatic N) is 2. The van der Waals surface area contributed by atoms with Gasteiger partial charge in [-0.3, -0.25) is 9.59 Å². The second-order valence-corrected chi connectivity index (χ2v) is 9.16. The molecule has 1 aromatic heterocycles. The summed E-state index contributed by atoms with van der Waals surface area (Å²) < 4.78 is 27.2. The minimum Gasteiger partial charge on any atom is -0.467 e. The first-order valence-corrected chi connectivity index (χ1v) is 11.8. The molecule has 3 aromatic rings. The molecule has 0 radical (unpaired) electrons. The van der Waals surface area contributed by atoms with E-state index in [9.17, 15) is 9.59 Å². The highest BCUT2D eigenvalue weighted by Gasteiger charge is 2.26. The summed E-state index contributed by atoms with van der Waals surface area (Å²) in [5.74, 6) is 2.85. The lowest BCUT2D eigenvalue weighted by Gasteiger charge is -2.28. The smallest absolute Gasteiger partial charge is 0.254 e. The van der Waals surface area contributed by atoms with Crippen LogP contribution in [-0.4, -0.2) is 48.3 Å². The van der Waals surface area contributed by atoms with Crippen LogP contribution in [0.2, 0.25) is 0 Å². The summed E-state index contributed by atoms with van der Waals surface area (Å²) in [7, 11) is 0. The van der Waals surface area contributed by atoms with Crippen molar-refractivity contribution in [1.29, 1.82) is 0 Å². The molecule has 0 unspecified atom stereocenters. The maximum atomic E-state index is 13.6. The molecule has 0 aliphatic carbocycles. The van der Waals surface area contributed by atoms with Crippen molar-refractivity contribution < 1.29 is 33.0 Å². The van der Waals surface area contributed by atoms with E-state index in [2.05, 4.69) is 0 Å². The molecule has 0 N–H and O–H groups in total. The Hall–Kier alpha value is -4.14. The second kappa shape index (κ2) is 10.2. The molecule has 9 nitrogen and oxygen atoms in total. The number of benzene rings is 2. The fourth-order valence-corrected chi connectivity index (χ4v) is 4.22. The van der Waals surface area contributed by atoms with E-state index in [0.717, 1.165) is 5.56 Å². The molecule has 3 heterocycles. The molecular formula is C27H28N2O7. The Labute approximate surface area is 209 Å². The van der Waals surface area contributed by atoms with Gasteiger partial charge in [-0.25, -0.2) is 0 Å². The SMILES string of the molecule is CC(C)CN(CC(=O)N(Cc1ccc2c(c1)OCO2)Cc1ccco1)C(=O)c1ccc2c(c1)OCO2. The van der Waals surface area contributed by atoms with Crippen molar-refractivity contribution in [2.75, 3.05) is 26.7 Å². The number of rotatable bonds is 9. The van der Waals surface area contributed by atoms with Crippen molar-refractivity contribution in [1.82, 2.24) is 9.80 Å². The van der Waals surface area contributed by atoms with E-state index < -0.39 is 0 Å². The molecule has 0 bridgehead atoms. The summed E-state index contributed by atoms with van der Waals surface area (Å²) in [5, 5.41) is 0. The predicted molar refractivity (Wildman–Crippen MR) is 129 cm³/mol. The van der Waals surface area contributed by atoms with Gasteiger partial charge in [0.25, 0.3) is 5.91 Å². The van der Waals surface area contributed by atoms with Crippen molar-refractivity contribution in [3.05, 3.63) is 71.7 Å². The summed E-state index contributed by atoms with van der Waals surface area (Å²) in [6.07, 6.45) is 1.58. The van der Waals surface area contributed by atoms with Gasteiger partial charge in [-0.2, -0.15) is 0 Å². The van der Waals surface area contributed by atoms with Crippen molar-refractivity contribution in [2.24, 2.45) is 5.92 Å². The maximum Gasteiger partial charge on any atom is 0.254 e. The Morgan fingerprint density at radius 2 is 1.53 bits per heavy atom. The molecule has 0 spiro atoms. The average Bonchev–Trinajstić information content (AvgIpc) is 3.63. The first kappa shape index (κ1) is 23.6. The Kier molecular flexibility index (Phi) is 6.71. The van der Waals surface area contributed by atoms with E-state index in [1.165, 1.54) is 0 Å². The molecule has 0 atom stereocenters. The number of hydrogen-bond acceptors (Lipinski definition) is 7. The molecule has 0 fully saturated rings. The third kappa shape index (κ3) is 5.25. The third-order valence-electron chi connectivity index (χ3n) is 5.91. The standard InChI is InChI=1S/C27H28N2O7/c1-18(2)12-29(27(31)20-6-8-23-25(11-20)36-17-34-23)15-26(30)28(14-21-4-3-9-32-21)13-19-5-7-22-24(10-19)35-16-33-22/h3-11,18H,12-17H2,1-2H3. The van der Waals surface area contributed by atoms with Gasteiger partial charge >= 0.3 is 0 Å². The second-order valence-electron chi connectivity index (χ2n) is 9.16. The molecule has 2 aliphatic heterocycles. The van der Waals surface area contributed by atoms with E-state index >= 15 is 0 Å². The van der Waals surface area contributed by atoms with Crippen LogP contribution in [0.15, 0.2) is 59.2 Å². The zero-order chi connectivity index (χ0) is 25.1. The van der Waals surface area contributed by atoms with Crippen LogP contribution in [0.25, 0.3) is 0 Å². The van der Waals surface area contributed by atoms with Gasteiger partial charge in [0, 0.05) is 18.7 Å². The first-order valence-electron chi connectivity index (χ1n) is 11.8. The zero-order valence-corrected chi connectivity index (χ0v) is 20.3. The third-order valence-corrected chi connectivity index (χ3v) is 5.91. The van der Waals surface area contributed by atoms with E-state index in [1.807, 2.05) is 38.1 Å². The topological polar surface area (TPSA) is 90.7 Å². The van der Waals surface area contributed by atoms with Crippen LogP contribution in [0.1, 0.15) is 35.5 Å². The molecule has 36 heavy (non-hydrogen) atoms.